The Labute approximate surface area is 197 Å². The van der Waals surface area contributed by atoms with Crippen molar-refractivity contribution in [2.24, 2.45) is 0 Å². The van der Waals surface area contributed by atoms with Gasteiger partial charge in [-0.25, -0.2) is 14.3 Å². The molecule has 1 aliphatic heterocycles. The minimum absolute atomic E-state index is 0.153. The summed E-state index contributed by atoms with van der Waals surface area (Å²) in [5.74, 6) is 0.729. The molecule has 0 radical (unpaired) electrons. The number of ether oxygens (including phenoxy) is 2. The summed E-state index contributed by atoms with van der Waals surface area (Å²) in [6.07, 6.45) is 3.23. The van der Waals surface area contributed by atoms with E-state index in [0.29, 0.717) is 24.3 Å². The van der Waals surface area contributed by atoms with Crippen molar-refractivity contribution in [1.29, 1.82) is 0 Å². The first-order chi connectivity index (χ1) is 16.5. The minimum Gasteiger partial charge on any atom is -0.496 e. The van der Waals surface area contributed by atoms with E-state index in [1.165, 1.54) is 4.57 Å². The molecule has 0 bridgehead atoms. The van der Waals surface area contributed by atoms with E-state index in [1.54, 1.807) is 22.6 Å². The largest absolute Gasteiger partial charge is 0.496 e. The van der Waals surface area contributed by atoms with Crippen LogP contribution in [0.1, 0.15) is 29.5 Å². The molecule has 3 heterocycles. The van der Waals surface area contributed by atoms with Crippen molar-refractivity contribution in [3.8, 4) is 11.4 Å². The van der Waals surface area contributed by atoms with Gasteiger partial charge in [0.1, 0.15) is 5.75 Å². The van der Waals surface area contributed by atoms with Crippen LogP contribution < -0.4 is 16.0 Å². The van der Waals surface area contributed by atoms with Crippen LogP contribution in [-0.4, -0.2) is 38.5 Å². The lowest BCUT2D eigenvalue weighted by atomic mass is 10.1. The van der Waals surface area contributed by atoms with E-state index in [2.05, 4.69) is 4.98 Å². The van der Waals surface area contributed by atoms with Crippen molar-refractivity contribution < 1.29 is 9.47 Å². The zero-order valence-electron chi connectivity index (χ0n) is 19.7. The van der Waals surface area contributed by atoms with Gasteiger partial charge in [-0.3, -0.25) is 9.36 Å². The zero-order valence-corrected chi connectivity index (χ0v) is 19.7. The normalized spacial score (nSPS) is 15.8. The Balaban J connectivity index is 1.77. The van der Waals surface area contributed by atoms with Gasteiger partial charge in [0.05, 0.1) is 38.3 Å². The predicted octanol–water partition coefficient (Wildman–Crippen LogP) is 3.20. The van der Waals surface area contributed by atoms with E-state index >= 15 is 0 Å². The van der Waals surface area contributed by atoms with Gasteiger partial charge in [-0.2, -0.15) is 0 Å². The molecular formula is C26H28N4O4. The number of aryl methyl sites for hydroxylation is 2. The second kappa shape index (κ2) is 8.95. The Morgan fingerprint density at radius 3 is 2.56 bits per heavy atom. The standard InChI is InChI=1S/C26H28N4O4/c1-17-8-6-9-18(2)22(17)30-24-23(25(31)29(26(30)32)15-20-11-7-13-34-20)28(16-27-24)14-19-10-4-5-12-21(19)33-3/h4-6,8-10,12,16,20H,7,11,13-15H2,1-3H3/t20-/m1/s1. The van der Waals surface area contributed by atoms with Gasteiger partial charge in [-0.05, 0) is 43.9 Å². The number of hydrogen-bond acceptors (Lipinski definition) is 5. The smallest absolute Gasteiger partial charge is 0.337 e. The van der Waals surface area contributed by atoms with Crippen molar-refractivity contribution in [1.82, 2.24) is 18.7 Å². The van der Waals surface area contributed by atoms with Gasteiger partial charge in [0.15, 0.2) is 11.2 Å². The maximum Gasteiger partial charge on any atom is 0.337 e. The summed E-state index contributed by atoms with van der Waals surface area (Å²) in [5, 5.41) is 0. The summed E-state index contributed by atoms with van der Waals surface area (Å²) in [6, 6.07) is 13.6. The number of hydrogen-bond donors (Lipinski definition) is 0. The molecule has 2 aromatic heterocycles. The Morgan fingerprint density at radius 1 is 1.09 bits per heavy atom. The number of methoxy groups -OCH3 is 1. The molecule has 0 N–H and O–H groups in total. The molecule has 0 spiro atoms. The third-order valence-corrected chi connectivity index (χ3v) is 6.51. The summed E-state index contributed by atoms with van der Waals surface area (Å²) >= 11 is 0. The van der Waals surface area contributed by atoms with Crippen LogP contribution in [0.4, 0.5) is 0 Å². The molecule has 34 heavy (non-hydrogen) atoms. The van der Waals surface area contributed by atoms with Crippen LogP contribution in [0.2, 0.25) is 0 Å². The van der Waals surface area contributed by atoms with Crippen LogP contribution in [0.15, 0.2) is 58.4 Å². The molecule has 5 rings (SSSR count). The Morgan fingerprint density at radius 2 is 1.85 bits per heavy atom. The van der Waals surface area contributed by atoms with E-state index in [4.69, 9.17) is 9.47 Å². The van der Waals surface area contributed by atoms with Crippen molar-refractivity contribution in [2.45, 2.75) is 45.9 Å². The number of para-hydroxylation sites is 2. The number of aromatic nitrogens is 4. The van der Waals surface area contributed by atoms with E-state index in [0.717, 1.165) is 41.0 Å². The third-order valence-electron chi connectivity index (χ3n) is 6.51. The second-order valence-corrected chi connectivity index (χ2v) is 8.77. The predicted molar refractivity (Wildman–Crippen MR) is 130 cm³/mol. The van der Waals surface area contributed by atoms with Crippen molar-refractivity contribution in [3.63, 3.8) is 0 Å². The molecule has 0 unspecified atom stereocenters. The lowest BCUT2D eigenvalue weighted by Gasteiger charge is -2.18. The maximum absolute atomic E-state index is 13.8. The van der Waals surface area contributed by atoms with Crippen LogP contribution in [0.3, 0.4) is 0 Å². The number of rotatable bonds is 6. The maximum atomic E-state index is 13.8. The molecule has 0 aliphatic carbocycles. The second-order valence-electron chi connectivity index (χ2n) is 8.77. The third kappa shape index (κ3) is 3.74. The van der Waals surface area contributed by atoms with Crippen molar-refractivity contribution in [2.75, 3.05) is 13.7 Å². The number of benzene rings is 2. The average Bonchev–Trinajstić information content (AvgIpc) is 3.49. The average molecular weight is 461 g/mol. The van der Waals surface area contributed by atoms with Gasteiger partial charge >= 0.3 is 5.69 Å². The fourth-order valence-corrected chi connectivity index (χ4v) is 4.83. The molecule has 176 valence electrons. The molecule has 2 aromatic carbocycles. The lowest BCUT2D eigenvalue weighted by molar-refractivity contribution is 0.0950. The molecular weight excluding hydrogens is 432 g/mol. The minimum atomic E-state index is -0.395. The van der Waals surface area contributed by atoms with Crippen LogP contribution in [0.25, 0.3) is 16.9 Å². The summed E-state index contributed by atoms with van der Waals surface area (Å²) in [4.78, 5) is 32.0. The van der Waals surface area contributed by atoms with E-state index in [-0.39, 0.29) is 18.2 Å². The Kier molecular flexibility index (Phi) is 5.83. The quantitative estimate of drug-likeness (QED) is 0.442. The first-order valence-corrected chi connectivity index (χ1v) is 11.5. The molecule has 4 aromatic rings. The number of imidazole rings is 1. The zero-order chi connectivity index (χ0) is 23.8. The van der Waals surface area contributed by atoms with Crippen LogP contribution in [0.5, 0.6) is 5.75 Å². The topological polar surface area (TPSA) is 80.3 Å². The molecule has 8 nitrogen and oxygen atoms in total. The van der Waals surface area contributed by atoms with E-state index in [9.17, 15) is 9.59 Å². The molecule has 1 aliphatic rings. The lowest BCUT2D eigenvalue weighted by Crippen LogP contribution is -2.42. The summed E-state index contributed by atoms with van der Waals surface area (Å²) < 4.78 is 16.0. The van der Waals surface area contributed by atoms with Crippen molar-refractivity contribution in [3.05, 3.63) is 86.3 Å². The molecule has 1 fully saturated rings. The first-order valence-electron chi connectivity index (χ1n) is 11.5. The van der Waals surface area contributed by atoms with Gasteiger partial charge in [0, 0.05) is 12.2 Å². The SMILES string of the molecule is COc1ccccc1Cn1cnc2c1c(=O)n(C[C@H]1CCCO1)c(=O)n2-c1c(C)cccc1C. The summed E-state index contributed by atoms with van der Waals surface area (Å²) in [7, 11) is 1.62. The Bertz CT molecular complexity index is 1450. The molecule has 8 heteroatoms. The van der Waals surface area contributed by atoms with Gasteiger partial charge in [-0.1, -0.05) is 36.4 Å². The fraction of sp³-hybridized carbons (Fsp3) is 0.346. The highest BCUT2D eigenvalue weighted by Gasteiger charge is 2.24. The Hall–Kier alpha value is -3.65. The number of nitrogens with zero attached hydrogens (tertiary/aromatic N) is 4. The van der Waals surface area contributed by atoms with Crippen LogP contribution in [0, 0.1) is 13.8 Å². The monoisotopic (exact) mass is 460 g/mol. The summed E-state index contributed by atoms with van der Waals surface area (Å²) in [6.45, 7) is 5.18. The van der Waals surface area contributed by atoms with Gasteiger partial charge in [0.25, 0.3) is 5.56 Å². The molecule has 0 amide bonds. The summed E-state index contributed by atoms with van der Waals surface area (Å²) in [5.41, 5.74) is 3.52. The van der Waals surface area contributed by atoms with Crippen LogP contribution in [-0.2, 0) is 17.8 Å². The molecule has 1 saturated heterocycles. The van der Waals surface area contributed by atoms with Gasteiger partial charge in [-0.15, -0.1) is 0 Å². The van der Waals surface area contributed by atoms with E-state index < -0.39 is 5.69 Å². The van der Waals surface area contributed by atoms with Crippen molar-refractivity contribution >= 4 is 11.2 Å². The van der Waals surface area contributed by atoms with Gasteiger partial charge < -0.3 is 14.0 Å². The van der Waals surface area contributed by atoms with E-state index in [1.807, 2.05) is 56.3 Å². The molecule has 0 saturated carbocycles. The molecule has 1 atom stereocenters. The highest BCUT2D eigenvalue weighted by molar-refractivity contribution is 5.73. The fourth-order valence-electron chi connectivity index (χ4n) is 4.83. The highest BCUT2D eigenvalue weighted by atomic mass is 16.5. The highest BCUT2D eigenvalue weighted by Crippen LogP contribution is 2.23. The first kappa shape index (κ1) is 22.2. The number of fused-ring (bicyclic) bond motifs is 1. The van der Waals surface area contributed by atoms with Crippen LogP contribution >= 0.6 is 0 Å². The van der Waals surface area contributed by atoms with Gasteiger partial charge in [0.2, 0.25) is 0 Å².